The topological polar surface area (TPSA) is 72.3 Å². The Kier molecular flexibility index (Phi) is 5.16. The Bertz CT molecular complexity index is 748. The summed E-state index contributed by atoms with van der Waals surface area (Å²) in [6, 6.07) is 4.48. The van der Waals surface area contributed by atoms with Crippen LogP contribution < -0.4 is 10.1 Å². The molecule has 0 aliphatic carbocycles. The van der Waals surface area contributed by atoms with E-state index in [-0.39, 0.29) is 18.0 Å². The van der Waals surface area contributed by atoms with Gasteiger partial charge in [0.2, 0.25) is 0 Å². The fourth-order valence-electron chi connectivity index (χ4n) is 2.84. The maximum absolute atomic E-state index is 13.7. The van der Waals surface area contributed by atoms with Crippen LogP contribution in [0.3, 0.4) is 0 Å². The molecular weight excluding hydrogens is 325 g/mol. The van der Waals surface area contributed by atoms with Crippen molar-refractivity contribution >= 4 is 11.8 Å². The number of carbonyl (C=O) groups excluding carboxylic acids is 1. The number of aryl methyl sites for hydroxylation is 2. The van der Waals surface area contributed by atoms with Gasteiger partial charge in [-0.3, -0.25) is 10.00 Å². The average molecular weight is 347 g/mol. The fourth-order valence-corrected chi connectivity index (χ4v) is 2.84. The Balaban J connectivity index is 1.61. The summed E-state index contributed by atoms with van der Waals surface area (Å²) in [6.07, 6.45) is 3.56. The summed E-state index contributed by atoms with van der Waals surface area (Å²) < 4.78 is 21.0. The maximum atomic E-state index is 13.7. The molecule has 1 aliphatic heterocycles. The molecule has 7 nitrogen and oxygen atoms in total. The smallest absolute Gasteiger partial charge is 0.323 e. The molecule has 1 aliphatic rings. The van der Waals surface area contributed by atoms with Crippen molar-refractivity contribution in [3.05, 3.63) is 35.9 Å². The Hall–Kier alpha value is -2.64. The van der Waals surface area contributed by atoms with Crippen molar-refractivity contribution in [1.29, 1.82) is 0 Å². The first-order valence-electron chi connectivity index (χ1n) is 8.43. The van der Waals surface area contributed by atoms with Gasteiger partial charge in [-0.05, 0) is 31.4 Å². The van der Waals surface area contributed by atoms with Crippen LogP contribution >= 0.6 is 0 Å². The highest BCUT2D eigenvalue weighted by Crippen LogP contribution is 2.20. The first-order chi connectivity index (χ1) is 12.1. The molecule has 1 fully saturated rings. The van der Waals surface area contributed by atoms with Gasteiger partial charge < -0.3 is 9.64 Å². The van der Waals surface area contributed by atoms with E-state index in [1.165, 1.54) is 18.3 Å². The normalized spacial score (nSPS) is 17.4. The van der Waals surface area contributed by atoms with Crippen LogP contribution in [0.4, 0.5) is 15.0 Å². The van der Waals surface area contributed by atoms with Crippen LogP contribution in [0.5, 0.6) is 5.88 Å². The third-order valence-corrected chi connectivity index (χ3v) is 4.20. The summed E-state index contributed by atoms with van der Waals surface area (Å²) in [4.78, 5) is 18.1. The molecule has 3 rings (SSSR count). The van der Waals surface area contributed by atoms with Gasteiger partial charge in [0.25, 0.3) is 5.88 Å². The van der Waals surface area contributed by atoms with Crippen molar-refractivity contribution in [1.82, 2.24) is 19.7 Å². The summed E-state index contributed by atoms with van der Waals surface area (Å²) in [7, 11) is 1.79. The van der Waals surface area contributed by atoms with Gasteiger partial charge >= 0.3 is 6.03 Å². The molecule has 134 valence electrons. The van der Waals surface area contributed by atoms with Crippen molar-refractivity contribution in [2.45, 2.75) is 32.3 Å². The number of nitrogens with one attached hydrogen (secondary N) is 1. The van der Waals surface area contributed by atoms with E-state index in [1.54, 1.807) is 16.6 Å². The number of rotatable bonds is 4. The monoisotopic (exact) mass is 347 g/mol. The number of aromatic nitrogens is 3. The predicted octanol–water partition coefficient (Wildman–Crippen LogP) is 2.59. The molecule has 0 radical (unpaired) electrons. The molecule has 2 amide bonds. The lowest BCUT2D eigenvalue weighted by Crippen LogP contribution is -2.46. The molecule has 3 heterocycles. The van der Waals surface area contributed by atoms with Crippen molar-refractivity contribution in [3.8, 4) is 5.88 Å². The van der Waals surface area contributed by atoms with Crippen molar-refractivity contribution in [2.75, 3.05) is 18.4 Å². The number of anilines is 1. The van der Waals surface area contributed by atoms with E-state index in [2.05, 4.69) is 15.4 Å². The molecule has 8 heteroatoms. The Labute approximate surface area is 145 Å². The molecule has 2 aromatic heterocycles. The largest absolute Gasteiger partial charge is 0.470 e. The summed E-state index contributed by atoms with van der Waals surface area (Å²) in [5, 5.41) is 7.19. The van der Waals surface area contributed by atoms with Crippen molar-refractivity contribution in [2.24, 2.45) is 7.05 Å². The molecule has 1 N–H and O–H groups in total. The van der Waals surface area contributed by atoms with Gasteiger partial charge in [-0.2, -0.15) is 5.10 Å². The van der Waals surface area contributed by atoms with E-state index < -0.39 is 5.82 Å². The van der Waals surface area contributed by atoms with E-state index >= 15 is 0 Å². The Morgan fingerprint density at radius 1 is 1.52 bits per heavy atom. The van der Waals surface area contributed by atoms with Gasteiger partial charge in [-0.15, -0.1) is 0 Å². The highest BCUT2D eigenvalue weighted by atomic mass is 19.1. The first kappa shape index (κ1) is 17.2. The number of halogens is 1. The minimum absolute atomic E-state index is 0.0195. The lowest BCUT2D eigenvalue weighted by molar-refractivity contribution is 0.0986. The van der Waals surface area contributed by atoms with E-state index in [0.717, 1.165) is 25.0 Å². The molecule has 0 bridgehead atoms. The van der Waals surface area contributed by atoms with Gasteiger partial charge in [0, 0.05) is 25.9 Å². The summed E-state index contributed by atoms with van der Waals surface area (Å²) in [5.74, 6) is 0.140. The quantitative estimate of drug-likeness (QED) is 0.923. The number of amides is 2. The van der Waals surface area contributed by atoms with Gasteiger partial charge in [-0.25, -0.2) is 14.2 Å². The molecule has 25 heavy (non-hydrogen) atoms. The second kappa shape index (κ2) is 7.50. The highest BCUT2D eigenvalue weighted by molar-refractivity contribution is 5.88. The zero-order chi connectivity index (χ0) is 17.8. The van der Waals surface area contributed by atoms with Crippen molar-refractivity contribution < 1.29 is 13.9 Å². The third kappa shape index (κ3) is 4.07. The molecule has 1 unspecified atom stereocenters. The van der Waals surface area contributed by atoms with Crippen LogP contribution in [0.1, 0.15) is 25.5 Å². The second-order valence-electron chi connectivity index (χ2n) is 6.05. The van der Waals surface area contributed by atoms with E-state index in [9.17, 15) is 9.18 Å². The maximum Gasteiger partial charge on any atom is 0.323 e. The number of hydrogen-bond acceptors (Lipinski definition) is 4. The van der Waals surface area contributed by atoms with Crippen LogP contribution in [-0.2, 0) is 13.5 Å². The highest BCUT2D eigenvalue weighted by Gasteiger charge is 2.26. The summed E-state index contributed by atoms with van der Waals surface area (Å²) in [6.45, 7) is 3.03. The number of pyridine rings is 1. The van der Waals surface area contributed by atoms with Crippen LogP contribution in [0, 0.1) is 5.82 Å². The van der Waals surface area contributed by atoms with E-state index in [4.69, 9.17) is 4.74 Å². The van der Waals surface area contributed by atoms with Gasteiger partial charge in [0.1, 0.15) is 11.9 Å². The minimum atomic E-state index is -0.494. The molecule has 0 aromatic carbocycles. The lowest BCUT2D eigenvalue weighted by Gasteiger charge is -2.32. The van der Waals surface area contributed by atoms with Gasteiger partial charge in [-0.1, -0.05) is 6.92 Å². The number of hydrogen-bond donors (Lipinski definition) is 1. The number of nitrogens with zero attached hydrogens (tertiary/aromatic N) is 4. The second-order valence-corrected chi connectivity index (χ2v) is 6.05. The van der Waals surface area contributed by atoms with Crippen LogP contribution in [0.2, 0.25) is 0 Å². The number of urea groups is 1. The molecular formula is C17H22FN5O2. The van der Waals surface area contributed by atoms with Crippen LogP contribution in [-0.4, -0.2) is 44.9 Å². The van der Waals surface area contributed by atoms with Gasteiger partial charge in [0.15, 0.2) is 5.82 Å². The summed E-state index contributed by atoms with van der Waals surface area (Å²) in [5.41, 5.74) is 0.920. The predicted molar refractivity (Wildman–Crippen MR) is 91.0 cm³/mol. The Morgan fingerprint density at radius 3 is 3.08 bits per heavy atom. The van der Waals surface area contributed by atoms with E-state index in [0.29, 0.717) is 18.9 Å². The fraction of sp³-hybridized carbons (Fsp3) is 0.471. The SMILES string of the molecule is CCc1cc(NC(=O)N2CCCC(Oc3ncccc3F)C2)n(C)n1. The van der Waals surface area contributed by atoms with Gasteiger partial charge in [0.05, 0.1) is 12.2 Å². The molecule has 0 saturated carbocycles. The van der Waals surface area contributed by atoms with Crippen LogP contribution in [0.25, 0.3) is 0 Å². The zero-order valence-electron chi connectivity index (χ0n) is 14.4. The number of carbonyl (C=O) groups is 1. The molecule has 1 saturated heterocycles. The minimum Gasteiger partial charge on any atom is -0.470 e. The number of ether oxygens (including phenoxy) is 1. The summed E-state index contributed by atoms with van der Waals surface area (Å²) >= 11 is 0. The zero-order valence-corrected chi connectivity index (χ0v) is 14.4. The first-order valence-corrected chi connectivity index (χ1v) is 8.43. The van der Waals surface area contributed by atoms with Crippen LogP contribution in [0.15, 0.2) is 24.4 Å². The lowest BCUT2D eigenvalue weighted by atomic mass is 10.1. The Morgan fingerprint density at radius 2 is 2.36 bits per heavy atom. The third-order valence-electron chi connectivity index (χ3n) is 4.20. The standard InChI is InChI=1S/C17H22FN5O2/c1-3-12-10-15(22(2)21-12)20-17(24)23-9-5-6-13(11-23)25-16-14(18)7-4-8-19-16/h4,7-8,10,13H,3,5-6,9,11H2,1-2H3,(H,20,24). The number of piperidine rings is 1. The van der Waals surface area contributed by atoms with Crippen molar-refractivity contribution in [3.63, 3.8) is 0 Å². The van der Waals surface area contributed by atoms with E-state index in [1.807, 2.05) is 13.0 Å². The number of likely N-dealkylation sites (tertiary alicyclic amines) is 1. The molecule has 0 spiro atoms. The molecule has 1 atom stereocenters. The molecule has 2 aromatic rings. The average Bonchev–Trinajstić information content (AvgIpc) is 2.97.